The van der Waals surface area contributed by atoms with Gasteiger partial charge < -0.3 is 0 Å². The monoisotopic (exact) mass is 108 g/mol. The van der Waals surface area contributed by atoms with Gasteiger partial charge in [0.2, 0.25) is 0 Å². The summed E-state index contributed by atoms with van der Waals surface area (Å²) in [7, 11) is 0. The molecule has 0 saturated heterocycles. The molecule has 0 aromatic carbocycles. The van der Waals surface area contributed by atoms with Crippen molar-refractivity contribution in [3.05, 3.63) is 12.7 Å². The predicted octanol–water partition coefficient (Wildman–Crippen LogP) is 2.22. The molecule has 1 atom stereocenters. The van der Waals surface area contributed by atoms with Gasteiger partial charge in [0.05, 0.1) is 0 Å². The van der Waals surface area contributed by atoms with Gasteiger partial charge in [-0.1, -0.05) is 13.0 Å². The summed E-state index contributed by atoms with van der Waals surface area (Å²) in [6.45, 7) is 5.76. The standard InChI is InChI=1S/C8H12/c1-4-6-7-8(3)5-2/h1,5,8H,2,6-7H2,3H3. The lowest BCUT2D eigenvalue weighted by atomic mass is 10.1. The molecular formula is C8H12. The molecule has 8 heavy (non-hydrogen) atoms. The highest BCUT2D eigenvalue weighted by atomic mass is 14.0. The Labute approximate surface area is 51.6 Å². The summed E-state index contributed by atoms with van der Waals surface area (Å²) in [5.74, 6) is 3.16. The van der Waals surface area contributed by atoms with Crippen molar-refractivity contribution >= 4 is 0 Å². The second-order valence-corrected chi connectivity index (χ2v) is 1.96. The number of terminal acetylenes is 1. The van der Waals surface area contributed by atoms with Crippen molar-refractivity contribution < 1.29 is 0 Å². The van der Waals surface area contributed by atoms with Crippen molar-refractivity contribution in [2.24, 2.45) is 5.92 Å². The van der Waals surface area contributed by atoms with Crippen molar-refractivity contribution in [3.63, 3.8) is 0 Å². The molecule has 0 heterocycles. The molecule has 0 aliphatic carbocycles. The molecule has 0 bridgehead atoms. The van der Waals surface area contributed by atoms with E-state index in [4.69, 9.17) is 6.42 Å². The van der Waals surface area contributed by atoms with E-state index >= 15 is 0 Å². The van der Waals surface area contributed by atoms with Gasteiger partial charge in [-0.3, -0.25) is 0 Å². The van der Waals surface area contributed by atoms with Gasteiger partial charge in [0.15, 0.2) is 0 Å². The normalized spacial score (nSPS) is 12.0. The summed E-state index contributed by atoms with van der Waals surface area (Å²) < 4.78 is 0. The van der Waals surface area contributed by atoms with Crippen LogP contribution in [-0.4, -0.2) is 0 Å². The molecule has 0 spiro atoms. The first kappa shape index (κ1) is 7.30. The van der Waals surface area contributed by atoms with E-state index in [9.17, 15) is 0 Å². The molecule has 0 aliphatic heterocycles. The van der Waals surface area contributed by atoms with Crippen LogP contribution >= 0.6 is 0 Å². The third kappa shape index (κ3) is 3.49. The highest BCUT2D eigenvalue weighted by Gasteiger charge is 1.90. The largest absolute Gasteiger partial charge is 0.120 e. The zero-order valence-corrected chi connectivity index (χ0v) is 5.35. The average molecular weight is 108 g/mol. The fourth-order valence-electron chi connectivity index (χ4n) is 0.429. The molecule has 44 valence electrons. The van der Waals surface area contributed by atoms with Crippen LogP contribution in [0.1, 0.15) is 19.8 Å². The lowest BCUT2D eigenvalue weighted by Gasteiger charge is -1.98. The molecule has 0 aromatic heterocycles. The summed E-state index contributed by atoms with van der Waals surface area (Å²) in [5.41, 5.74) is 0. The van der Waals surface area contributed by atoms with Crippen LogP contribution in [0.2, 0.25) is 0 Å². The van der Waals surface area contributed by atoms with Crippen molar-refractivity contribution in [1.82, 2.24) is 0 Å². The maximum absolute atomic E-state index is 5.05. The molecule has 0 amide bonds. The molecule has 0 nitrogen and oxygen atoms in total. The van der Waals surface area contributed by atoms with Crippen LogP contribution in [0.15, 0.2) is 12.7 Å². The van der Waals surface area contributed by atoms with Gasteiger partial charge in [-0.2, -0.15) is 0 Å². The average Bonchev–Trinajstić information content (AvgIpc) is 1.83. The molecule has 0 heteroatoms. The zero-order valence-electron chi connectivity index (χ0n) is 5.35. The number of hydrogen-bond acceptors (Lipinski definition) is 0. The van der Waals surface area contributed by atoms with Gasteiger partial charge in [-0.25, -0.2) is 0 Å². The molecule has 1 unspecified atom stereocenters. The van der Waals surface area contributed by atoms with E-state index in [1.165, 1.54) is 0 Å². The number of rotatable bonds is 3. The van der Waals surface area contributed by atoms with Crippen molar-refractivity contribution in [2.45, 2.75) is 19.8 Å². The Morgan fingerprint density at radius 1 is 1.88 bits per heavy atom. The summed E-state index contributed by atoms with van der Waals surface area (Å²) >= 11 is 0. The fraction of sp³-hybridized carbons (Fsp3) is 0.500. The molecule has 0 aromatic rings. The Balaban J connectivity index is 3.13. The first-order valence-corrected chi connectivity index (χ1v) is 2.87. The first-order chi connectivity index (χ1) is 3.81. The van der Waals surface area contributed by atoms with Gasteiger partial charge in [0, 0.05) is 6.42 Å². The van der Waals surface area contributed by atoms with Crippen LogP contribution in [0, 0.1) is 18.3 Å². The molecule has 0 N–H and O–H groups in total. The molecular weight excluding hydrogens is 96.1 g/mol. The van der Waals surface area contributed by atoms with Crippen LogP contribution in [0.3, 0.4) is 0 Å². The minimum absolute atomic E-state index is 0.575. The highest BCUT2D eigenvalue weighted by Crippen LogP contribution is 2.03. The first-order valence-electron chi connectivity index (χ1n) is 2.87. The van der Waals surface area contributed by atoms with Gasteiger partial charge in [0.25, 0.3) is 0 Å². The van der Waals surface area contributed by atoms with Crippen LogP contribution in [0.5, 0.6) is 0 Å². The van der Waals surface area contributed by atoms with Crippen molar-refractivity contribution in [2.75, 3.05) is 0 Å². The number of allylic oxidation sites excluding steroid dienone is 1. The molecule has 0 radical (unpaired) electrons. The van der Waals surface area contributed by atoms with Gasteiger partial charge in [0.1, 0.15) is 0 Å². The molecule has 0 rings (SSSR count). The van der Waals surface area contributed by atoms with Crippen molar-refractivity contribution in [3.8, 4) is 12.3 Å². The van der Waals surface area contributed by atoms with E-state index in [1.54, 1.807) is 0 Å². The van der Waals surface area contributed by atoms with E-state index in [-0.39, 0.29) is 0 Å². The second-order valence-electron chi connectivity index (χ2n) is 1.96. The molecule has 0 aliphatic rings. The van der Waals surface area contributed by atoms with E-state index in [1.807, 2.05) is 6.08 Å². The van der Waals surface area contributed by atoms with Crippen LogP contribution in [0.25, 0.3) is 0 Å². The minimum Gasteiger partial charge on any atom is -0.120 e. The van der Waals surface area contributed by atoms with Gasteiger partial charge in [-0.05, 0) is 12.3 Å². The lowest BCUT2D eigenvalue weighted by Crippen LogP contribution is -1.85. The maximum atomic E-state index is 5.05. The topological polar surface area (TPSA) is 0 Å². The molecule has 0 saturated carbocycles. The summed E-state index contributed by atoms with van der Waals surface area (Å²) in [6.07, 6.45) is 8.91. The minimum atomic E-state index is 0.575. The summed E-state index contributed by atoms with van der Waals surface area (Å²) in [6, 6.07) is 0. The van der Waals surface area contributed by atoms with E-state index in [0.29, 0.717) is 5.92 Å². The summed E-state index contributed by atoms with van der Waals surface area (Å²) in [4.78, 5) is 0. The third-order valence-electron chi connectivity index (χ3n) is 1.15. The van der Waals surface area contributed by atoms with Crippen LogP contribution in [0.4, 0.5) is 0 Å². The SMILES string of the molecule is C#CCCC(C)C=C. The Morgan fingerprint density at radius 3 is 2.88 bits per heavy atom. The number of hydrogen-bond donors (Lipinski definition) is 0. The Bertz CT molecular complexity index is 95.1. The quantitative estimate of drug-likeness (QED) is 0.384. The van der Waals surface area contributed by atoms with Crippen molar-refractivity contribution in [1.29, 1.82) is 0 Å². The zero-order chi connectivity index (χ0) is 6.41. The maximum Gasteiger partial charge on any atom is 0.00915 e. The van der Waals surface area contributed by atoms with E-state index < -0.39 is 0 Å². The second kappa shape index (κ2) is 4.46. The Morgan fingerprint density at radius 2 is 2.50 bits per heavy atom. The van der Waals surface area contributed by atoms with E-state index in [0.717, 1.165) is 12.8 Å². The van der Waals surface area contributed by atoms with Crippen LogP contribution < -0.4 is 0 Å². The highest BCUT2D eigenvalue weighted by molar-refractivity contribution is 4.86. The Hall–Kier alpha value is -0.700. The van der Waals surface area contributed by atoms with Gasteiger partial charge in [-0.15, -0.1) is 18.9 Å². The van der Waals surface area contributed by atoms with Crippen LogP contribution in [-0.2, 0) is 0 Å². The smallest absolute Gasteiger partial charge is 0.00915 e. The van der Waals surface area contributed by atoms with Gasteiger partial charge >= 0.3 is 0 Å². The summed E-state index contributed by atoms with van der Waals surface area (Å²) in [5, 5.41) is 0. The fourth-order valence-corrected chi connectivity index (χ4v) is 0.429. The third-order valence-corrected chi connectivity index (χ3v) is 1.15. The Kier molecular flexibility index (Phi) is 4.07. The predicted molar refractivity (Wildman–Crippen MR) is 37.4 cm³/mol. The molecule has 0 fully saturated rings. The lowest BCUT2D eigenvalue weighted by molar-refractivity contribution is 0.667. The van der Waals surface area contributed by atoms with E-state index in [2.05, 4.69) is 19.4 Å².